The quantitative estimate of drug-likeness (QED) is 0.345. The highest BCUT2D eigenvalue weighted by Crippen LogP contribution is 2.40. The molecule has 0 spiro atoms. The molecule has 92 valence electrons. The summed E-state index contributed by atoms with van der Waals surface area (Å²) < 4.78 is 7.26. The van der Waals surface area contributed by atoms with Crippen LogP contribution in [-0.4, -0.2) is 17.7 Å². The van der Waals surface area contributed by atoms with E-state index in [4.69, 9.17) is 9.84 Å². The lowest BCUT2D eigenvalue weighted by Gasteiger charge is -2.11. The maximum absolute atomic E-state index is 11.2. The van der Waals surface area contributed by atoms with Crippen molar-refractivity contribution in [2.75, 3.05) is 6.61 Å². The minimum Gasteiger partial charge on any atom is -0.422 e. The molecule has 0 heterocycles. The van der Waals surface area contributed by atoms with E-state index in [1.165, 1.54) is 0 Å². The summed E-state index contributed by atoms with van der Waals surface area (Å²) in [5.74, 6) is -0.150. The van der Waals surface area contributed by atoms with Crippen molar-refractivity contribution >= 4 is 53.8 Å². The Morgan fingerprint density at radius 1 is 1.35 bits per heavy atom. The second-order valence-electron chi connectivity index (χ2n) is 3.07. The smallest absolute Gasteiger partial charge is 0.335 e. The Kier molecular flexibility index (Phi) is 5.85. The van der Waals surface area contributed by atoms with Crippen molar-refractivity contribution < 1.29 is 14.6 Å². The molecule has 0 aliphatic heterocycles. The zero-order chi connectivity index (χ0) is 13.0. The monoisotopic (exact) mass is 426 g/mol. The van der Waals surface area contributed by atoms with Crippen molar-refractivity contribution in [2.24, 2.45) is 0 Å². The first-order chi connectivity index (χ1) is 8.01. The van der Waals surface area contributed by atoms with Gasteiger partial charge in [0.2, 0.25) is 0 Å². The van der Waals surface area contributed by atoms with Crippen molar-refractivity contribution in [3.8, 4) is 5.75 Å². The van der Waals surface area contributed by atoms with Crippen LogP contribution >= 0.6 is 47.8 Å². The Morgan fingerprint density at radius 3 is 2.53 bits per heavy atom. The number of hydrogen-bond acceptors (Lipinski definition) is 3. The summed E-state index contributed by atoms with van der Waals surface area (Å²) in [6.07, 6.45) is 1.55. The molecule has 0 aromatic heterocycles. The molecule has 0 unspecified atom stereocenters. The average molecular weight is 429 g/mol. The maximum atomic E-state index is 11.2. The van der Waals surface area contributed by atoms with Crippen LogP contribution in [0.3, 0.4) is 0 Å². The third-order valence-electron chi connectivity index (χ3n) is 1.95. The lowest BCUT2D eigenvalue weighted by atomic mass is 10.1. The molecule has 0 atom stereocenters. The molecule has 3 nitrogen and oxygen atoms in total. The number of carbonyl (C=O) groups is 1. The molecule has 0 radical (unpaired) electrons. The van der Waals surface area contributed by atoms with Crippen LogP contribution in [0, 0.1) is 0 Å². The Morgan fingerprint density at radius 2 is 2.00 bits per heavy atom. The van der Waals surface area contributed by atoms with Crippen LogP contribution in [-0.2, 0) is 11.2 Å². The van der Waals surface area contributed by atoms with Gasteiger partial charge in [-0.05, 0) is 65.8 Å². The minimum atomic E-state index is -0.533. The molecular weight excluding hydrogens is 420 g/mol. The Labute approximate surface area is 124 Å². The van der Waals surface area contributed by atoms with E-state index in [1.807, 2.05) is 0 Å². The van der Waals surface area contributed by atoms with E-state index in [1.54, 1.807) is 6.07 Å². The fraction of sp³-hybridized carbons (Fsp3) is 0.182. The molecule has 6 heteroatoms. The van der Waals surface area contributed by atoms with Crippen LogP contribution in [0.2, 0.25) is 0 Å². The lowest BCUT2D eigenvalue weighted by Crippen LogP contribution is -2.05. The molecule has 1 rings (SSSR count). The number of hydrogen-bond donors (Lipinski definition) is 1. The molecule has 0 aliphatic rings. The summed E-state index contributed by atoms with van der Waals surface area (Å²) in [6, 6.07) is 1.69. The normalized spacial score (nSPS) is 10.1. The van der Waals surface area contributed by atoms with Crippen molar-refractivity contribution in [1.82, 2.24) is 0 Å². The molecule has 0 saturated carbocycles. The molecule has 0 bridgehead atoms. The number of aliphatic hydroxyl groups excluding tert-OH is 1. The fourth-order valence-electron chi connectivity index (χ4n) is 1.16. The number of rotatable bonds is 4. The third kappa shape index (κ3) is 3.64. The first-order valence-corrected chi connectivity index (χ1v) is 7.00. The molecule has 0 saturated heterocycles. The Hall–Kier alpha value is -0.170. The summed E-state index contributed by atoms with van der Waals surface area (Å²) >= 11 is 10.1. The van der Waals surface area contributed by atoms with Crippen molar-refractivity contribution in [3.05, 3.63) is 37.7 Å². The van der Waals surface area contributed by atoms with Crippen molar-refractivity contribution in [1.29, 1.82) is 0 Å². The molecule has 0 amide bonds. The van der Waals surface area contributed by atoms with Gasteiger partial charge in [0, 0.05) is 21.6 Å². The van der Waals surface area contributed by atoms with Gasteiger partial charge in [0.15, 0.2) is 0 Å². The van der Waals surface area contributed by atoms with Gasteiger partial charge in [-0.25, -0.2) is 4.79 Å². The highest BCUT2D eigenvalue weighted by atomic mass is 79.9. The number of esters is 1. The first-order valence-electron chi connectivity index (χ1n) is 4.62. The number of carbonyl (C=O) groups excluding carboxylic acids is 1. The van der Waals surface area contributed by atoms with Gasteiger partial charge >= 0.3 is 5.97 Å². The number of ether oxygens (including phenoxy) is 1. The zero-order valence-corrected chi connectivity index (χ0v) is 13.4. The van der Waals surface area contributed by atoms with E-state index in [2.05, 4.69) is 54.4 Å². The van der Waals surface area contributed by atoms with Gasteiger partial charge in [0.25, 0.3) is 0 Å². The second-order valence-corrected chi connectivity index (χ2v) is 5.45. The van der Waals surface area contributed by atoms with E-state index in [0.29, 0.717) is 16.6 Å². The number of aliphatic hydroxyl groups is 1. The summed E-state index contributed by atoms with van der Waals surface area (Å²) in [5, 5.41) is 8.95. The Balaban J connectivity index is 3.21. The van der Waals surface area contributed by atoms with Gasteiger partial charge in [-0.1, -0.05) is 6.58 Å². The minimum absolute atomic E-state index is 0.0154. The van der Waals surface area contributed by atoms with Crippen LogP contribution in [0.25, 0.3) is 0 Å². The van der Waals surface area contributed by atoms with E-state index in [-0.39, 0.29) is 6.61 Å². The van der Waals surface area contributed by atoms with Crippen LogP contribution in [0.5, 0.6) is 5.75 Å². The summed E-state index contributed by atoms with van der Waals surface area (Å²) in [6.45, 7) is 3.35. The predicted octanol–water partition coefficient (Wildman–Crippen LogP) is 3.60. The fourth-order valence-corrected chi connectivity index (χ4v) is 2.78. The van der Waals surface area contributed by atoms with Crippen molar-refractivity contribution in [3.63, 3.8) is 0 Å². The number of benzene rings is 1. The Bertz CT molecular complexity index is 458. The topological polar surface area (TPSA) is 46.5 Å². The molecule has 1 aromatic rings. The van der Waals surface area contributed by atoms with E-state index in [0.717, 1.165) is 20.6 Å². The summed E-state index contributed by atoms with van der Waals surface area (Å²) in [4.78, 5) is 11.2. The zero-order valence-electron chi connectivity index (χ0n) is 8.67. The SMILES string of the molecule is C=CC(=O)Oc1cc(CCO)c(Br)c(Br)c1Br. The van der Waals surface area contributed by atoms with Gasteiger partial charge in [0.1, 0.15) is 5.75 Å². The van der Waals surface area contributed by atoms with Crippen molar-refractivity contribution in [2.45, 2.75) is 6.42 Å². The predicted molar refractivity (Wildman–Crippen MR) is 76.2 cm³/mol. The summed E-state index contributed by atoms with van der Waals surface area (Å²) in [7, 11) is 0. The van der Waals surface area contributed by atoms with Gasteiger partial charge in [-0.2, -0.15) is 0 Å². The second kappa shape index (κ2) is 6.68. The van der Waals surface area contributed by atoms with Gasteiger partial charge < -0.3 is 9.84 Å². The highest BCUT2D eigenvalue weighted by Gasteiger charge is 2.15. The maximum Gasteiger partial charge on any atom is 0.335 e. The van der Waals surface area contributed by atoms with Gasteiger partial charge in [0.05, 0.1) is 4.47 Å². The highest BCUT2D eigenvalue weighted by molar-refractivity contribution is 9.14. The van der Waals surface area contributed by atoms with E-state index < -0.39 is 5.97 Å². The molecule has 0 aliphatic carbocycles. The van der Waals surface area contributed by atoms with E-state index in [9.17, 15) is 4.79 Å². The van der Waals surface area contributed by atoms with E-state index >= 15 is 0 Å². The van der Waals surface area contributed by atoms with Crippen LogP contribution < -0.4 is 4.74 Å². The summed E-state index contributed by atoms with van der Waals surface area (Å²) in [5.41, 5.74) is 0.842. The van der Waals surface area contributed by atoms with Crippen LogP contribution in [0.1, 0.15) is 5.56 Å². The van der Waals surface area contributed by atoms with Crippen LogP contribution in [0.15, 0.2) is 32.1 Å². The molecule has 17 heavy (non-hydrogen) atoms. The molecular formula is C11H9Br3O3. The average Bonchev–Trinajstić information content (AvgIpc) is 2.32. The van der Waals surface area contributed by atoms with Crippen LogP contribution in [0.4, 0.5) is 0 Å². The largest absolute Gasteiger partial charge is 0.422 e. The van der Waals surface area contributed by atoms with Gasteiger partial charge in [-0.15, -0.1) is 0 Å². The molecule has 1 N–H and O–H groups in total. The molecule has 1 aromatic carbocycles. The molecule has 0 fully saturated rings. The standard InChI is InChI=1S/C11H9Br3O3/c1-2-8(16)17-7-5-6(3-4-15)9(12)11(14)10(7)13/h2,5,15H,1,3-4H2. The van der Waals surface area contributed by atoms with Gasteiger partial charge in [-0.3, -0.25) is 0 Å². The third-order valence-corrected chi connectivity index (χ3v) is 5.50. The lowest BCUT2D eigenvalue weighted by molar-refractivity contribution is -0.129. The first kappa shape index (κ1) is 14.9. The number of halogens is 3.